The number of ether oxygens (including phenoxy) is 1. The normalized spacial score (nSPS) is 18.3. The van der Waals surface area contributed by atoms with E-state index < -0.39 is 6.09 Å². The molecule has 0 aliphatic carbocycles. The number of rotatable bonds is 4. The summed E-state index contributed by atoms with van der Waals surface area (Å²) in [6, 6.07) is 5.25. The molecule has 98 valence electrons. The van der Waals surface area contributed by atoms with Gasteiger partial charge in [-0.25, -0.2) is 4.79 Å². The molecule has 1 amide bonds. The van der Waals surface area contributed by atoms with Crippen LogP contribution < -0.4 is 10.2 Å². The number of nitrogens with one attached hydrogen (secondary N) is 1. The lowest BCUT2D eigenvalue weighted by molar-refractivity contribution is 0.177. The smallest absolute Gasteiger partial charge is 0.407 e. The summed E-state index contributed by atoms with van der Waals surface area (Å²) in [7, 11) is 0. The molecular weight excluding hydrogens is 232 g/mol. The SMILES string of the molecule is CCN(CC)c1ccc([C@H]2COC(=O)N2)c(O)c1. The standard InChI is InChI=1S/C13H18N2O3/c1-3-15(4-2)9-5-6-10(12(16)7-9)11-8-18-13(17)14-11/h5-7,11,16H,3-4,8H2,1-2H3,(H,14,17)/t11-/m1/s1. The van der Waals surface area contributed by atoms with Crippen LogP contribution in [0.2, 0.25) is 0 Å². The fraction of sp³-hybridized carbons (Fsp3) is 0.462. The van der Waals surface area contributed by atoms with E-state index in [1.165, 1.54) is 0 Å². The van der Waals surface area contributed by atoms with E-state index in [0.29, 0.717) is 5.56 Å². The maximum absolute atomic E-state index is 11.0. The number of phenols is 1. The average Bonchev–Trinajstić information content (AvgIpc) is 2.77. The zero-order valence-corrected chi connectivity index (χ0v) is 10.6. The van der Waals surface area contributed by atoms with Gasteiger partial charge >= 0.3 is 6.09 Å². The van der Waals surface area contributed by atoms with Crippen molar-refractivity contribution in [3.8, 4) is 5.75 Å². The molecule has 1 aliphatic heterocycles. The topological polar surface area (TPSA) is 61.8 Å². The third kappa shape index (κ3) is 2.34. The summed E-state index contributed by atoms with van der Waals surface area (Å²) < 4.78 is 4.82. The summed E-state index contributed by atoms with van der Waals surface area (Å²) in [5, 5.41) is 12.7. The molecule has 2 N–H and O–H groups in total. The van der Waals surface area contributed by atoms with E-state index in [1.54, 1.807) is 6.07 Å². The summed E-state index contributed by atoms with van der Waals surface area (Å²) in [6.45, 7) is 6.17. The lowest BCUT2D eigenvalue weighted by Gasteiger charge is -2.22. The van der Waals surface area contributed by atoms with Crippen molar-refractivity contribution in [2.24, 2.45) is 0 Å². The van der Waals surface area contributed by atoms with E-state index in [1.807, 2.05) is 12.1 Å². The lowest BCUT2D eigenvalue weighted by atomic mass is 10.1. The summed E-state index contributed by atoms with van der Waals surface area (Å²) in [6.07, 6.45) is -0.438. The first-order chi connectivity index (χ1) is 8.65. The Kier molecular flexibility index (Phi) is 3.60. The van der Waals surface area contributed by atoms with E-state index in [2.05, 4.69) is 24.1 Å². The molecule has 0 saturated carbocycles. The molecule has 1 aliphatic rings. The molecule has 0 bridgehead atoms. The molecule has 0 spiro atoms. The number of cyclic esters (lactones) is 1. The van der Waals surface area contributed by atoms with Gasteiger partial charge in [-0.3, -0.25) is 0 Å². The predicted octanol–water partition coefficient (Wildman–Crippen LogP) is 2.02. The van der Waals surface area contributed by atoms with Crippen molar-refractivity contribution in [1.29, 1.82) is 0 Å². The predicted molar refractivity (Wildman–Crippen MR) is 68.9 cm³/mol. The molecule has 2 rings (SSSR count). The van der Waals surface area contributed by atoms with E-state index in [9.17, 15) is 9.90 Å². The quantitative estimate of drug-likeness (QED) is 0.858. The van der Waals surface area contributed by atoms with E-state index in [4.69, 9.17) is 4.74 Å². The average molecular weight is 250 g/mol. The van der Waals surface area contributed by atoms with Crippen LogP contribution in [0.5, 0.6) is 5.75 Å². The van der Waals surface area contributed by atoms with Crippen LogP contribution in [-0.4, -0.2) is 30.9 Å². The molecule has 0 radical (unpaired) electrons. The Morgan fingerprint density at radius 3 is 2.67 bits per heavy atom. The lowest BCUT2D eigenvalue weighted by Crippen LogP contribution is -2.22. The van der Waals surface area contributed by atoms with Gasteiger partial charge in [0.2, 0.25) is 0 Å². The fourth-order valence-corrected chi connectivity index (χ4v) is 2.16. The maximum atomic E-state index is 11.0. The van der Waals surface area contributed by atoms with Gasteiger partial charge in [-0.15, -0.1) is 0 Å². The largest absolute Gasteiger partial charge is 0.508 e. The minimum atomic E-state index is -0.438. The Morgan fingerprint density at radius 2 is 2.17 bits per heavy atom. The van der Waals surface area contributed by atoms with Crippen molar-refractivity contribution in [2.75, 3.05) is 24.6 Å². The number of hydrogen-bond donors (Lipinski definition) is 2. The minimum Gasteiger partial charge on any atom is -0.508 e. The molecule has 18 heavy (non-hydrogen) atoms. The summed E-state index contributed by atoms with van der Waals surface area (Å²) in [4.78, 5) is 13.1. The third-order valence-electron chi connectivity index (χ3n) is 3.19. The van der Waals surface area contributed by atoms with Crippen molar-refractivity contribution >= 4 is 11.8 Å². The Balaban J connectivity index is 2.22. The van der Waals surface area contributed by atoms with Gasteiger partial charge in [-0.1, -0.05) is 6.07 Å². The number of carbonyl (C=O) groups excluding carboxylic acids is 1. The number of alkyl carbamates (subject to hydrolysis) is 1. The Morgan fingerprint density at radius 1 is 1.44 bits per heavy atom. The van der Waals surface area contributed by atoms with Gasteiger partial charge < -0.3 is 20.1 Å². The molecular formula is C13H18N2O3. The monoisotopic (exact) mass is 250 g/mol. The van der Waals surface area contributed by atoms with Gasteiger partial charge in [0, 0.05) is 30.4 Å². The van der Waals surface area contributed by atoms with Crippen LogP contribution in [0.3, 0.4) is 0 Å². The molecule has 1 saturated heterocycles. The van der Waals surface area contributed by atoms with E-state index in [0.717, 1.165) is 18.8 Å². The van der Waals surface area contributed by atoms with Crippen molar-refractivity contribution in [3.05, 3.63) is 23.8 Å². The molecule has 1 fully saturated rings. The molecule has 5 nitrogen and oxygen atoms in total. The van der Waals surface area contributed by atoms with Gasteiger partial charge in [0.25, 0.3) is 0 Å². The summed E-state index contributed by atoms with van der Waals surface area (Å²) in [5.41, 5.74) is 1.67. The van der Waals surface area contributed by atoms with Crippen LogP contribution in [0.4, 0.5) is 10.5 Å². The molecule has 0 aromatic heterocycles. The number of hydrogen-bond acceptors (Lipinski definition) is 4. The highest BCUT2D eigenvalue weighted by molar-refractivity contribution is 5.70. The highest BCUT2D eigenvalue weighted by Gasteiger charge is 2.26. The van der Waals surface area contributed by atoms with Crippen LogP contribution in [0, 0.1) is 0 Å². The molecule has 1 aromatic rings. The molecule has 1 atom stereocenters. The molecule has 1 aromatic carbocycles. The number of phenolic OH excluding ortho intramolecular Hbond substituents is 1. The highest BCUT2D eigenvalue weighted by Crippen LogP contribution is 2.30. The summed E-state index contributed by atoms with van der Waals surface area (Å²) >= 11 is 0. The first-order valence-electron chi connectivity index (χ1n) is 6.16. The Hall–Kier alpha value is -1.91. The third-order valence-corrected chi connectivity index (χ3v) is 3.19. The van der Waals surface area contributed by atoms with Crippen LogP contribution in [0.25, 0.3) is 0 Å². The van der Waals surface area contributed by atoms with E-state index in [-0.39, 0.29) is 18.4 Å². The van der Waals surface area contributed by atoms with Crippen molar-refractivity contribution < 1.29 is 14.6 Å². The van der Waals surface area contributed by atoms with Gasteiger partial charge in [0.15, 0.2) is 0 Å². The van der Waals surface area contributed by atoms with Crippen molar-refractivity contribution in [1.82, 2.24) is 5.32 Å². The zero-order chi connectivity index (χ0) is 13.1. The maximum Gasteiger partial charge on any atom is 0.407 e. The number of benzene rings is 1. The van der Waals surface area contributed by atoms with Gasteiger partial charge in [-0.2, -0.15) is 0 Å². The number of anilines is 1. The van der Waals surface area contributed by atoms with Crippen LogP contribution in [-0.2, 0) is 4.74 Å². The van der Waals surface area contributed by atoms with Crippen molar-refractivity contribution in [3.63, 3.8) is 0 Å². The Bertz CT molecular complexity index is 444. The number of aromatic hydroxyl groups is 1. The fourth-order valence-electron chi connectivity index (χ4n) is 2.16. The molecule has 1 heterocycles. The second-order valence-corrected chi connectivity index (χ2v) is 4.21. The Labute approximate surface area is 106 Å². The van der Waals surface area contributed by atoms with Crippen LogP contribution >= 0.6 is 0 Å². The number of amides is 1. The zero-order valence-electron chi connectivity index (χ0n) is 10.6. The van der Waals surface area contributed by atoms with Gasteiger partial charge in [0.05, 0.1) is 6.04 Å². The van der Waals surface area contributed by atoms with Crippen molar-refractivity contribution in [2.45, 2.75) is 19.9 Å². The minimum absolute atomic E-state index is 0.190. The number of carbonyl (C=O) groups is 1. The van der Waals surface area contributed by atoms with Gasteiger partial charge in [0.1, 0.15) is 12.4 Å². The highest BCUT2D eigenvalue weighted by atomic mass is 16.6. The second-order valence-electron chi connectivity index (χ2n) is 4.21. The summed E-state index contributed by atoms with van der Waals surface area (Å²) in [5.74, 6) is 0.190. The molecule has 0 unspecified atom stereocenters. The van der Waals surface area contributed by atoms with Crippen LogP contribution in [0.1, 0.15) is 25.5 Å². The first-order valence-corrected chi connectivity index (χ1v) is 6.16. The molecule has 5 heteroatoms. The second kappa shape index (κ2) is 5.16. The van der Waals surface area contributed by atoms with Crippen LogP contribution in [0.15, 0.2) is 18.2 Å². The van der Waals surface area contributed by atoms with Gasteiger partial charge in [-0.05, 0) is 19.9 Å². The van der Waals surface area contributed by atoms with E-state index >= 15 is 0 Å². The number of nitrogens with zero attached hydrogens (tertiary/aromatic N) is 1. The first kappa shape index (κ1) is 12.5.